The average Bonchev–Trinajstić information content (AvgIpc) is 3.40. The van der Waals surface area contributed by atoms with Crippen LogP contribution in [0, 0.1) is 13.8 Å². The third kappa shape index (κ3) is 12.0. The lowest BCUT2D eigenvalue weighted by atomic mass is 9.93. The Morgan fingerprint density at radius 1 is 0.551 bits per heavy atom. The van der Waals surface area contributed by atoms with Gasteiger partial charge in [0.05, 0.1) is 64.5 Å². The molecule has 0 saturated heterocycles. The summed E-state index contributed by atoms with van der Waals surface area (Å²) in [6.07, 6.45) is -7.36. The molecule has 8 aromatic rings. The topological polar surface area (TPSA) is 203 Å². The van der Waals surface area contributed by atoms with Crippen LogP contribution in [0.4, 0.5) is 26.3 Å². The van der Waals surface area contributed by atoms with E-state index in [4.69, 9.17) is 46.4 Å². The largest absolute Gasteiger partial charge is 0.480 e. The van der Waals surface area contributed by atoms with Gasteiger partial charge in [0, 0.05) is 61.5 Å². The maximum absolute atomic E-state index is 14.0. The number of aromatic nitrogens is 4. The van der Waals surface area contributed by atoms with Crippen LogP contribution >= 0.6 is 46.4 Å². The first kappa shape index (κ1) is 57.9. The average molecular weight is 1160 g/mol. The Labute approximate surface area is 457 Å². The molecule has 4 aromatic carbocycles. The van der Waals surface area contributed by atoms with Crippen LogP contribution in [0.2, 0.25) is 20.1 Å². The number of halogens is 10. The van der Waals surface area contributed by atoms with E-state index in [0.717, 1.165) is 21.3 Å². The second-order valence-electron chi connectivity index (χ2n) is 17.5. The van der Waals surface area contributed by atoms with E-state index in [1.807, 2.05) is 0 Å². The Kier molecular flexibility index (Phi) is 17.1. The number of nitrogens with one attached hydrogen (secondary N) is 2. The first-order chi connectivity index (χ1) is 36.6. The highest BCUT2D eigenvalue weighted by molar-refractivity contribution is 6.40. The standard InChI is InChI=1S/2C27H20Cl2F3N3O4/c2*1-13-11-17(27(30,31)32)21(25(37)35(13)2)15-9-8-14(23-16(15)5-4-10-33-23)12-20(26(38)39)34-24(36)22-18(28)6-3-7-19(22)29/h2*3-11,20H,12H2,1-2H3,(H,34,36)(H,38,39)/t2*20-/m00/s1. The smallest absolute Gasteiger partial charge is 0.417 e. The van der Waals surface area contributed by atoms with Gasteiger partial charge in [-0.15, -0.1) is 0 Å². The van der Waals surface area contributed by atoms with Gasteiger partial charge in [0.25, 0.3) is 22.9 Å². The van der Waals surface area contributed by atoms with Crippen molar-refractivity contribution in [3.8, 4) is 22.3 Å². The summed E-state index contributed by atoms with van der Waals surface area (Å²) in [5.41, 5.74) is -3.88. The molecule has 0 fully saturated rings. The maximum atomic E-state index is 14.0. The molecule has 0 aliphatic carbocycles. The van der Waals surface area contributed by atoms with Gasteiger partial charge < -0.3 is 30.0 Å². The van der Waals surface area contributed by atoms with Gasteiger partial charge in [-0.1, -0.05) is 94.9 Å². The highest BCUT2D eigenvalue weighted by Crippen LogP contribution is 2.41. The summed E-state index contributed by atoms with van der Waals surface area (Å²) in [5.74, 6) is -4.37. The molecule has 24 heteroatoms. The number of hydrogen-bond acceptors (Lipinski definition) is 8. The van der Waals surface area contributed by atoms with Crippen LogP contribution < -0.4 is 21.8 Å². The molecule has 0 unspecified atom stereocenters. The first-order valence-corrected chi connectivity index (χ1v) is 24.4. The second-order valence-corrected chi connectivity index (χ2v) is 19.2. The Bertz CT molecular complexity index is 3580. The molecule has 14 nitrogen and oxygen atoms in total. The number of carboxylic acid groups (broad SMARTS) is 2. The van der Waals surface area contributed by atoms with Gasteiger partial charge in [-0.25, -0.2) is 9.59 Å². The molecule has 2 atom stereocenters. The number of carboxylic acids is 2. The van der Waals surface area contributed by atoms with Gasteiger partial charge in [-0.2, -0.15) is 26.3 Å². The van der Waals surface area contributed by atoms with Gasteiger partial charge >= 0.3 is 24.3 Å². The van der Waals surface area contributed by atoms with Crippen molar-refractivity contribution < 1.29 is 55.7 Å². The van der Waals surface area contributed by atoms with E-state index in [2.05, 4.69) is 20.6 Å². The third-order valence-electron chi connectivity index (χ3n) is 12.6. The SMILES string of the molecule is Cc1cc(C(F)(F)F)c(-c2ccc(C[C@H](NC(=O)c3c(Cl)cccc3Cl)C(=O)O)c3ncccc23)c(=O)n1C.Cc1cc(C(F)(F)F)c(-c2ccc(C[C@H](NC(=O)c3c(Cl)cccc3Cl)C(=O)O)c3ncccc23)c(=O)n1C. The van der Waals surface area contributed by atoms with Gasteiger partial charge in [0.1, 0.15) is 12.1 Å². The van der Waals surface area contributed by atoms with Crippen LogP contribution in [0.3, 0.4) is 0 Å². The van der Waals surface area contributed by atoms with Crippen molar-refractivity contribution in [1.29, 1.82) is 0 Å². The van der Waals surface area contributed by atoms with E-state index < -0.39 is 81.6 Å². The number of amides is 2. The number of pyridine rings is 4. The molecule has 0 spiro atoms. The lowest BCUT2D eigenvalue weighted by molar-refractivity contribution is -0.140. The number of rotatable bonds is 12. The summed E-state index contributed by atoms with van der Waals surface area (Å²) < 4.78 is 86.2. The van der Waals surface area contributed by atoms with Crippen molar-refractivity contribution >= 4 is 92.0 Å². The molecule has 0 bridgehead atoms. The van der Waals surface area contributed by atoms with Crippen molar-refractivity contribution in [1.82, 2.24) is 29.7 Å². The van der Waals surface area contributed by atoms with Gasteiger partial charge in [-0.3, -0.25) is 29.1 Å². The summed E-state index contributed by atoms with van der Waals surface area (Å²) in [5, 5.41) is 25.0. The van der Waals surface area contributed by atoms with Crippen LogP contribution in [-0.4, -0.2) is 65.2 Å². The molecule has 4 aromatic heterocycles. The molecule has 404 valence electrons. The van der Waals surface area contributed by atoms with E-state index in [0.29, 0.717) is 11.1 Å². The molecule has 2 amide bonds. The van der Waals surface area contributed by atoms with Crippen LogP contribution in [-0.2, 0) is 48.9 Å². The number of fused-ring (bicyclic) bond motifs is 2. The van der Waals surface area contributed by atoms with Crippen molar-refractivity contribution in [3.05, 3.63) is 195 Å². The molecular formula is C54H40Cl4F6N6O8. The zero-order chi connectivity index (χ0) is 57.3. The van der Waals surface area contributed by atoms with Crippen molar-refractivity contribution in [3.63, 3.8) is 0 Å². The van der Waals surface area contributed by atoms with E-state index in [-0.39, 0.29) is 88.4 Å². The molecular weight excluding hydrogens is 1120 g/mol. The van der Waals surface area contributed by atoms with Crippen LogP contribution in [0.25, 0.3) is 44.1 Å². The van der Waals surface area contributed by atoms with Crippen LogP contribution in [0.5, 0.6) is 0 Å². The summed E-state index contributed by atoms with van der Waals surface area (Å²) in [6, 6.07) is 19.1. The summed E-state index contributed by atoms with van der Waals surface area (Å²) in [6.45, 7) is 2.80. The van der Waals surface area contributed by atoms with E-state index in [1.54, 1.807) is 0 Å². The number of aliphatic carboxylic acids is 2. The number of aryl methyl sites for hydroxylation is 2. The number of nitrogens with zero attached hydrogens (tertiary/aromatic N) is 4. The highest BCUT2D eigenvalue weighted by atomic mass is 35.5. The Morgan fingerprint density at radius 2 is 0.885 bits per heavy atom. The molecule has 0 saturated carbocycles. The van der Waals surface area contributed by atoms with Gasteiger partial charge in [0.2, 0.25) is 0 Å². The number of carbonyl (C=O) groups is 4. The summed E-state index contributed by atoms with van der Waals surface area (Å²) >= 11 is 24.3. The number of carbonyl (C=O) groups excluding carboxylic acids is 2. The van der Waals surface area contributed by atoms with Crippen molar-refractivity contribution in [2.45, 2.75) is 51.1 Å². The van der Waals surface area contributed by atoms with Crippen molar-refractivity contribution in [2.24, 2.45) is 14.1 Å². The summed E-state index contributed by atoms with van der Waals surface area (Å²) in [4.78, 5) is 84.4. The van der Waals surface area contributed by atoms with Crippen LogP contribution in [0.15, 0.2) is 119 Å². The zero-order valence-electron chi connectivity index (χ0n) is 40.9. The Hall–Kier alpha value is -7.78. The minimum absolute atomic E-state index is 0.00599. The molecule has 4 N–H and O–H groups in total. The lowest BCUT2D eigenvalue weighted by Crippen LogP contribution is -2.42. The summed E-state index contributed by atoms with van der Waals surface area (Å²) in [7, 11) is 2.75. The van der Waals surface area contributed by atoms with Gasteiger partial charge in [-0.05, 0) is 84.6 Å². The first-order valence-electron chi connectivity index (χ1n) is 22.9. The number of benzene rings is 4. The molecule has 8 rings (SSSR count). The van der Waals surface area contributed by atoms with Gasteiger partial charge in [0.15, 0.2) is 0 Å². The quantitative estimate of drug-likeness (QED) is 0.0853. The molecule has 0 aliphatic heterocycles. The monoisotopic (exact) mass is 1150 g/mol. The normalized spacial score (nSPS) is 12.4. The fourth-order valence-electron chi connectivity index (χ4n) is 8.57. The maximum Gasteiger partial charge on any atom is 0.417 e. The number of hydrogen-bond donors (Lipinski definition) is 4. The zero-order valence-corrected chi connectivity index (χ0v) is 43.9. The Morgan fingerprint density at radius 3 is 1.19 bits per heavy atom. The molecule has 78 heavy (non-hydrogen) atoms. The third-order valence-corrected chi connectivity index (χ3v) is 13.9. The fourth-order valence-corrected chi connectivity index (χ4v) is 9.71. The fraction of sp³-hybridized carbons (Fsp3) is 0.185. The predicted octanol–water partition coefficient (Wildman–Crippen LogP) is 11.3. The van der Waals surface area contributed by atoms with Crippen molar-refractivity contribution in [2.75, 3.05) is 0 Å². The van der Waals surface area contributed by atoms with E-state index in [1.165, 1.54) is 125 Å². The highest BCUT2D eigenvalue weighted by Gasteiger charge is 2.38. The second kappa shape index (κ2) is 23.1. The lowest BCUT2D eigenvalue weighted by Gasteiger charge is -2.19. The van der Waals surface area contributed by atoms with Crippen LogP contribution in [0.1, 0.15) is 54.4 Å². The minimum atomic E-state index is -4.81. The molecule has 4 heterocycles. The molecule has 0 aliphatic rings. The molecule has 0 radical (unpaired) electrons. The predicted molar refractivity (Wildman–Crippen MR) is 282 cm³/mol. The van der Waals surface area contributed by atoms with E-state index in [9.17, 15) is 65.3 Å². The van der Waals surface area contributed by atoms with E-state index >= 15 is 0 Å². The number of alkyl halides is 6. The Balaban J connectivity index is 0.000000226. The minimum Gasteiger partial charge on any atom is -0.480 e.